The Morgan fingerprint density at radius 2 is 2.29 bits per heavy atom. The van der Waals surface area contributed by atoms with Crippen LogP contribution < -0.4 is 0 Å². The minimum absolute atomic E-state index is 0.233. The molecule has 0 aromatic carbocycles. The summed E-state index contributed by atoms with van der Waals surface area (Å²) in [5.41, 5.74) is 1.04. The van der Waals surface area contributed by atoms with Gasteiger partial charge in [0.2, 0.25) is 0 Å². The highest BCUT2D eigenvalue weighted by molar-refractivity contribution is 5.02. The van der Waals surface area contributed by atoms with Gasteiger partial charge in [0.05, 0.1) is 11.8 Å². The lowest BCUT2D eigenvalue weighted by Crippen LogP contribution is -2.28. The molecular weight excluding hydrogens is 176 g/mol. The maximum absolute atomic E-state index is 9.44. The molecule has 1 aromatic heterocycles. The first-order valence-corrected chi connectivity index (χ1v) is 4.99. The van der Waals surface area contributed by atoms with Gasteiger partial charge in [0.25, 0.3) is 0 Å². The van der Waals surface area contributed by atoms with Crippen LogP contribution in [0.15, 0.2) is 24.4 Å². The van der Waals surface area contributed by atoms with E-state index >= 15 is 0 Å². The molecule has 1 N–H and O–H groups in total. The summed E-state index contributed by atoms with van der Waals surface area (Å²) in [6.45, 7) is 3.48. The zero-order valence-electron chi connectivity index (χ0n) is 8.85. The van der Waals surface area contributed by atoms with Gasteiger partial charge in [-0.05, 0) is 25.6 Å². The van der Waals surface area contributed by atoms with Crippen LogP contribution in [0.5, 0.6) is 0 Å². The van der Waals surface area contributed by atoms with Crippen molar-refractivity contribution in [2.45, 2.75) is 26.0 Å². The second-order valence-corrected chi connectivity index (χ2v) is 3.58. The van der Waals surface area contributed by atoms with Crippen LogP contribution in [0.1, 0.15) is 19.0 Å². The molecule has 78 valence electrons. The van der Waals surface area contributed by atoms with E-state index in [0.717, 1.165) is 18.7 Å². The van der Waals surface area contributed by atoms with E-state index in [-0.39, 0.29) is 6.10 Å². The van der Waals surface area contributed by atoms with Crippen LogP contribution in [-0.4, -0.2) is 34.7 Å². The Balaban J connectivity index is 2.37. The van der Waals surface area contributed by atoms with Crippen LogP contribution in [0.25, 0.3) is 0 Å². The van der Waals surface area contributed by atoms with Crippen molar-refractivity contribution in [3.05, 3.63) is 30.1 Å². The lowest BCUT2D eigenvalue weighted by atomic mass is 10.2. The van der Waals surface area contributed by atoms with Crippen molar-refractivity contribution in [2.24, 2.45) is 0 Å². The second kappa shape index (κ2) is 5.73. The van der Waals surface area contributed by atoms with E-state index in [1.165, 1.54) is 0 Å². The Kier molecular flexibility index (Phi) is 4.56. The predicted octanol–water partition coefficient (Wildman–Crippen LogP) is 1.28. The Morgan fingerprint density at radius 1 is 1.50 bits per heavy atom. The van der Waals surface area contributed by atoms with Crippen molar-refractivity contribution in [1.82, 2.24) is 9.88 Å². The molecule has 0 aliphatic heterocycles. The molecule has 0 saturated heterocycles. The van der Waals surface area contributed by atoms with Crippen molar-refractivity contribution in [1.29, 1.82) is 0 Å². The molecule has 0 saturated carbocycles. The molecule has 1 aromatic rings. The van der Waals surface area contributed by atoms with E-state index in [9.17, 15) is 5.11 Å². The quantitative estimate of drug-likeness (QED) is 0.767. The molecule has 1 rings (SSSR count). The summed E-state index contributed by atoms with van der Waals surface area (Å²) >= 11 is 0. The molecule has 14 heavy (non-hydrogen) atoms. The lowest BCUT2D eigenvalue weighted by Gasteiger charge is -2.18. The number of aromatic nitrogens is 1. The first kappa shape index (κ1) is 11.1. The molecule has 1 atom stereocenters. The molecule has 0 fully saturated rings. The summed E-state index contributed by atoms with van der Waals surface area (Å²) < 4.78 is 0. The molecule has 0 aliphatic rings. The standard InChI is InChI=1S/C11H18N2O/c1-3-11(14)9-13(2)8-10-6-4-5-7-12-10/h4-7,11,14H,3,8-9H2,1-2H3. The van der Waals surface area contributed by atoms with E-state index in [4.69, 9.17) is 0 Å². The average molecular weight is 194 g/mol. The Bertz CT molecular complexity index is 251. The van der Waals surface area contributed by atoms with Gasteiger partial charge in [0.1, 0.15) is 0 Å². The number of hydrogen-bond donors (Lipinski definition) is 1. The Morgan fingerprint density at radius 3 is 2.86 bits per heavy atom. The number of hydrogen-bond acceptors (Lipinski definition) is 3. The van der Waals surface area contributed by atoms with Crippen molar-refractivity contribution < 1.29 is 5.11 Å². The summed E-state index contributed by atoms with van der Waals surface area (Å²) in [6.07, 6.45) is 2.36. The minimum Gasteiger partial charge on any atom is -0.392 e. The number of nitrogens with zero attached hydrogens (tertiary/aromatic N) is 2. The van der Waals surface area contributed by atoms with Crippen LogP contribution in [0.4, 0.5) is 0 Å². The highest BCUT2D eigenvalue weighted by Crippen LogP contribution is 2.00. The third kappa shape index (κ3) is 3.85. The predicted molar refractivity (Wildman–Crippen MR) is 56.9 cm³/mol. The van der Waals surface area contributed by atoms with E-state index in [1.807, 2.05) is 32.2 Å². The number of aliphatic hydroxyl groups is 1. The molecule has 0 aliphatic carbocycles. The average Bonchev–Trinajstić information content (AvgIpc) is 2.19. The molecule has 3 nitrogen and oxygen atoms in total. The normalized spacial score (nSPS) is 13.1. The second-order valence-electron chi connectivity index (χ2n) is 3.58. The van der Waals surface area contributed by atoms with Crippen LogP contribution in [0, 0.1) is 0 Å². The Hall–Kier alpha value is -0.930. The number of rotatable bonds is 5. The fourth-order valence-electron chi connectivity index (χ4n) is 1.32. The topological polar surface area (TPSA) is 36.4 Å². The first-order valence-electron chi connectivity index (χ1n) is 4.99. The molecule has 1 unspecified atom stereocenters. The molecule has 3 heteroatoms. The third-order valence-electron chi connectivity index (χ3n) is 2.15. The SMILES string of the molecule is CCC(O)CN(C)Cc1ccccn1. The van der Waals surface area contributed by atoms with Gasteiger partial charge in [0.15, 0.2) is 0 Å². The summed E-state index contributed by atoms with van der Waals surface area (Å²) in [7, 11) is 1.99. The van der Waals surface area contributed by atoms with Gasteiger partial charge < -0.3 is 5.11 Å². The molecular formula is C11H18N2O. The summed E-state index contributed by atoms with van der Waals surface area (Å²) in [6, 6.07) is 5.88. The van der Waals surface area contributed by atoms with Gasteiger partial charge in [-0.3, -0.25) is 9.88 Å². The highest BCUT2D eigenvalue weighted by atomic mass is 16.3. The van der Waals surface area contributed by atoms with Crippen molar-refractivity contribution in [2.75, 3.05) is 13.6 Å². The van der Waals surface area contributed by atoms with Gasteiger partial charge in [-0.1, -0.05) is 13.0 Å². The number of pyridine rings is 1. The van der Waals surface area contributed by atoms with E-state index in [1.54, 1.807) is 6.20 Å². The zero-order valence-corrected chi connectivity index (χ0v) is 8.85. The van der Waals surface area contributed by atoms with Gasteiger partial charge in [-0.2, -0.15) is 0 Å². The lowest BCUT2D eigenvalue weighted by molar-refractivity contribution is 0.119. The maximum Gasteiger partial charge on any atom is 0.0664 e. The molecule has 1 heterocycles. The van der Waals surface area contributed by atoms with E-state index in [0.29, 0.717) is 6.54 Å². The zero-order chi connectivity index (χ0) is 10.4. The van der Waals surface area contributed by atoms with Crippen LogP contribution in [-0.2, 0) is 6.54 Å². The van der Waals surface area contributed by atoms with Crippen LogP contribution in [0.2, 0.25) is 0 Å². The fraction of sp³-hybridized carbons (Fsp3) is 0.545. The fourth-order valence-corrected chi connectivity index (χ4v) is 1.32. The first-order chi connectivity index (χ1) is 6.72. The molecule has 0 radical (unpaired) electrons. The number of aliphatic hydroxyl groups excluding tert-OH is 1. The maximum atomic E-state index is 9.44. The van der Waals surface area contributed by atoms with Crippen LogP contribution in [0.3, 0.4) is 0 Å². The van der Waals surface area contributed by atoms with E-state index < -0.39 is 0 Å². The Labute approximate surface area is 85.4 Å². The van der Waals surface area contributed by atoms with Crippen molar-refractivity contribution >= 4 is 0 Å². The van der Waals surface area contributed by atoms with Gasteiger partial charge in [-0.15, -0.1) is 0 Å². The van der Waals surface area contributed by atoms with Crippen molar-refractivity contribution in [3.8, 4) is 0 Å². The summed E-state index contributed by atoms with van der Waals surface area (Å²) in [5.74, 6) is 0. The van der Waals surface area contributed by atoms with Gasteiger partial charge in [0, 0.05) is 19.3 Å². The van der Waals surface area contributed by atoms with Gasteiger partial charge >= 0.3 is 0 Å². The largest absolute Gasteiger partial charge is 0.392 e. The molecule has 0 spiro atoms. The summed E-state index contributed by atoms with van der Waals surface area (Å²) in [4.78, 5) is 6.31. The van der Waals surface area contributed by atoms with Crippen LogP contribution >= 0.6 is 0 Å². The molecule has 0 bridgehead atoms. The molecule has 0 amide bonds. The smallest absolute Gasteiger partial charge is 0.0664 e. The van der Waals surface area contributed by atoms with E-state index in [2.05, 4.69) is 9.88 Å². The monoisotopic (exact) mass is 194 g/mol. The van der Waals surface area contributed by atoms with Gasteiger partial charge in [-0.25, -0.2) is 0 Å². The number of likely N-dealkylation sites (N-methyl/N-ethyl adjacent to an activating group) is 1. The minimum atomic E-state index is -0.233. The summed E-state index contributed by atoms with van der Waals surface area (Å²) in [5, 5.41) is 9.44. The highest BCUT2D eigenvalue weighted by Gasteiger charge is 2.06. The van der Waals surface area contributed by atoms with Crippen molar-refractivity contribution in [3.63, 3.8) is 0 Å². The third-order valence-corrected chi connectivity index (χ3v) is 2.15.